The number of morpholine rings is 1. The Hall–Kier alpha value is -2.13. The Morgan fingerprint density at radius 1 is 1.22 bits per heavy atom. The van der Waals surface area contributed by atoms with Gasteiger partial charge in [0.15, 0.2) is 0 Å². The molecule has 4 atom stereocenters. The van der Waals surface area contributed by atoms with Crippen LogP contribution < -0.4 is 5.73 Å². The number of nitrogens with zero attached hydrogens (tertiary/aromatic N) is 4. The quantitative estimate of drug-likeness (QED) is 0.752. The molecule has 2 aromatic heterocycles. The number of hydrogen-bond donors (Lipinski definition) is 1. The van der Waals surface area contributed by atoms with Crippen molar-refractivity contribution in [2.24, 2.45) is 11.3 Å². The number of fused-ring (bicyclic) bond motifs is 1. The van der Waals surface area contributed by atoms with E-state index in [9.17, 15) is 13.2 Å². The van der Waals surface area contributed by atoms with Gasteiger partial charge in [-0.25, -0.2) is 4.98 Å². The van der Waals surface area contributed by atoms with Crippen molar-refractivity contribution in [2.75, 3.05) is 32.0 Å². The highest BCUT2D eigenvalue weighted by Crippen LogP contribution is 2.73. The Labute approximate surface area is 185 Å². The molecule has 2 N–H and O–H groups in total. The van der Waals surface area contributed by atoms with Crippen molar-refractivity contribution in [1.82, 2.24) is 19.7 Å². The summed E-state index contributed by atoms with van der Waals surface area (Å²) in [4.78, 5) is 6.35. The largest absolute Gasteiger partial charge is 0.419 e. The Morgan fingerprint density at radius 3 is 2.53 bits per heavy atom. The van der Waals surface area contributed by atoms with E-state index in [1.165, 1.54) is 6.20 Å². The first-order valence-corrected chi connectivity index (χ1v) is 11.3. The molecule has 9 heteroatoms. The lowest BCUT2D eigenvalue weighted by atomic mass is 9.95. The normalized spacial score (nSPS) is 30.7. The minimum Gasteiger partial charge on any atom is -0.383 e. The molecular formula is C23H30F3N5O. The van der Waals surface area contributed by atoms with Gasteiger partial charge in [0.2, 0.25) is 0 Å². The minimum absolute atomic E-state index is 0.113. The zero-order chi connectivity index (χ0) is 22.8. The van der Waals surface area contributed by atoms with Crippen molar-refractivity contribution >= 4 is 5.82 Å². The van der Waals surface area contributed by atoms with E-state index in [2.05, 4.69) is 30.7 Å². The van der Waals surface area contributed by atoms with E-state index in [1.54, 1.807) is 0 Å². The summed E-state index contributed by atoms with van der Waals surface area (Å²) in [6.45, 7) is 10.1. The zero-order valence-corrected chi connectivity index (χ0v) is 18.7. The fraction of sp³-hybridized carbons (Fsp3) is 0.652. The van der Waals surface area contributed by atoms with Crippen LogP contribution in [0, 0.1) is 11.3 Å². The van der Waals surface area contributed by atoms with E-state index in [0.29, 0.717) is 29.1 Å². The summed E-state index contributed by atoms with van der Waals surface area (Å²) in [7, 11) is 0. The van der Waals surface area contributed by atoms with Gasteiger partial charge in [-0.1, -0.05) is 6.92 Å². The van der Waals surface area contributed by atoms with Crippen molar-refractivity contribution in [3.05, 3.63) is 29.6 Å². The molecule has 2 aromatic rings. The van der Waals surface area contributed by atoms with Crippen LogP contribution in [0.15, 0.2) is 18.3 Å². The van der Waals surface area contributed by atoms with Crippen LogP contribution in [0.2, 0.25) is 0 Å². The number of halogens is 3. The van der Waals surface area contributed by atoms with Gasteiger partial charge in [0.25, 0.3) is 0 Å². The molecule has 6 nitrogen and oxygen atoms in total. The first kappa shape index (κ1) is 21.7. The zero-order valence-electron chi connectivity index (χ0n) is 18.7. The van der Waals surface area contributed by atoms with Gasteiger partial charge in [-0.15, -0.1) is 0 Å². The number of nitrogen functional groups attached to an aromatic ring is 1. The molecule has 4 unspecified atom stereocenters. The molecule has 0 bridgehead atoms. The molecule has 2 saturated carbocycles. The van der Waals surface area contributed by atoms with E-state index in [-0.39, 0.29) is 11.5 Å². The molecule has 0 radical (unpaired) electrons. The van der Waals surface area contributed by atoms with Crippen LogP contribution >= 0.6 is 0 Å². The third kappa shape index (κ3) is 3.50. The van der Waals surface area contributed by atoms with Gasteiger partial charge >= 0.3 is 6.18 Å². The van der Waals surface area contributed by atoms with Crippen LogP contribution in [0.4, 0.5) is 19.0 Å². The van der Waals surface area contributed by atoms with E-state index in [4.69, 9.17) is 15.6 Å². The molecule has 1 aliphatic heterocycles. The third-order valence-electron chi connectivity index (χ3n) is 7.71. The van der Waals surface area contributed by atoms with Crippen molar-refractivity contribution < 1.29 is 17.9 Å². The van der Waals surface area contributed by atoms with E-state index in [0.717, 1.165) is 50.9 Å². The summed E-state index contributed by atoms with van der Waals surface area (Å²) in [5.74, 6) is 0.447. The minimum atomic E-state index is -4.55. The molecule has 0 spiro atoms. The fourth-order valence-corrected chi connectivity index (χ4v) is 6.03. The Balaban J connectivity index is 1.42. The number of pyridine rings is 1. The highest BCUT2D eigenvalue weighted by molar-refractivity contribution is 5.63. The van der Waals surface area contributed by atoms with Gasteiger partial charge in [-0.2, -0.15) is 18.3 Å². The lowest BCUT2D eigenvalue weighted by molar-refractivity contribution is -0.137. The molecule has 0 amide bonds. The summed E-state index contributed by atoms with van der Waals surface area (Å²) in [5.41, 5.74) is 6.75. The van der Waals surface area contributed by atoms with Crippen molar-refractivity contribution in [3.63, 3.8) is 0 Å². The molecule has 5 rings (SSSR count). The second-order valence-electron chi connectivity index (χ2n) is 9.98. The van der Waals surface area contributed by atoms with Crippen molar-refractivity contribution in [1.29, 1.82) is 0 Å². The number of ether oxygens (including phenoxy) is 1. The van der Waals surface area contributed by atoms with Gasteiger partial charge < -0.3 is 10.5 Å². The third-order valence-corrected chi connectivity index (χ3v) is 7.71. The van der Waals surface area contributed by atoms with Crippen molar-refractivity contribution in [2.45, 2.75) is 57.8 Å². The number of hydrogen-bond acceptors (Lipinski definition) is 5. The standard InChI is InChI=1S/C23H30F3N5O/c1-13(2)31-19(10-18(29-31)14-8-17(23(24,25)26)21(27)28-12-14)20-16-9-15(11-22(16,20)3)30-4-6-32-7-5-30/h8,10,12-13,15-16,20H,4-7,9,11H2,1-3H3,(H2,27,28). The Morgan fingerprint density at radius 2 is 1.94 bits per heavy atom. The summed E-state index contributed by atoms with van der Waals surface area (Å²) < 4.78 is 47.5. The van der Waals surface area contributed by atoms with Gasteiger partial charge in [-0.3, -0.25) is 9.58 Å². The smallest absolute Gasteiger partial charge is 0.383 e. The first-order chi connectivity index (χ1) is 15.1. The summed E-state index contributed by atoms with van der Waals surface area (Å²) in [5, 5.41) is 4.70. The summed E-state index contributed by atoms with van der Waals surface area (Å²) >= 11 is 0. The predicted octanol–water partition coefficient (Wildman–Crippen LogP) is 4.34. The molecule has 0 aromatic carbocycles. The SMILES string of the molecule is CC(C)n1nc(-c2cnc(N)c(C(F)(F)F)c2)cc1C1C2CC(N3CCOCC3)CC21C. The predicted molar refractivity (Wildman–Crippen MR) is 115 cm³/mol. The van der Waals surface area contributed by atoms with Gasteiger partial charge in [0.1, 0.15) is 5.82 Å². The van der Waals surface area contributed by atoms with Gasteiger partial charge in [-0.05, 0) is 50.2 Å². The van der Waals surface area contributed by atoms with Crippen LogP contribution in [0.5, 0.6) is 0 Å². The van der Waals surface area contributed by atoms with Crippen LogP contribution in [-0.4, -0.2) is 52.0 Å². The van der Waals surface area contributed by atoms with Crippen molar-refractivity contribution in [3.8, 4) is 11.3 Å². The van der Waals surface area contributed by atoms with E-state index >= 15 is 0 Å². The number of aromatic nitrogens is 3. The lowest BCUT2D eigenvalue weighted by Gasteiger charge is -2.34. The van der Waals surface area contributed by atoms with E-state index < -0.39 is 17.6 Å². The first-order valence-electron chi connectivity index (χ1n) is 11.3. The monoisotopic (exact) mass is 449 g/mol. The average molecular weight is 450 g/mol. The molecular weight excluding hydrogens is 419 g/mol. The maximum atomic E-state index is 13.3. The number of nitrogens with two attached hydrogens (primary N) is 1. The summed E-state index contributed by atoms with van der Waals surface area (Å²) in [6.07, 6.45) is -0.874. The van der Waals surface area contributed by atoms with Gasteiger partial charge in [0, 0.05) is 48.5 Å². The number of rotatable bonds is 4. The molecule has 1 saturated heterocycles. The van der Waals surface area contributed by atoms with Crippen LogP contribution in [-0.2, 0) is 10.9 Å². The Kier molecular flexibility index (Phi) is 5.05. The second-order valence-corrected chi connectivity index (χ2v) is 9.98. The molecule has 2 aliphatic carbocycles. The topological polar surface area (TPSA) is 69.2 Å². The summed E-state index contributed by atoms with van der Waals surface area (Å²) in [6, 6.07) is 3.73. The lowest BCUT2D eigenvalue weighted by Crippen LogP contribution is -2.43. The second kappa shape index (κ2) is 7.45. The maximum Gasteiger partial charge on any atom is 0.419 e. The van der Waals surface area contributed by atoms with Gasteiger partial charge in [0.05, 0.1) is 24.5 Å². The van der Waals surface area contributed by atoms with Crippen LogP contribution in [0.1, 0.15) is 56.8 Å². The molecule has 32 heavy (non-hydrogen) atoms. The van der Waals surface area contributed by atoms with Crippen LogP contribution in [0.3, 0.4) is 0 Å². The molecule has 3 aliphatic rings. The highest BCUT2D eigenvalue weighted by atomic mass is 19.4. The number of alkyl halides is 3. The van der Waals surface area contributed by atoms with E-state index in [1.807, 2.05) is 10.7 Å². The fourth-order valence-electron chi connectivity index (χ4n) is 6.03. The Bertz CT molecular complexity index is 1010. The van der Waals surface area contributed by atoms with Crippen LogP contribution in [0.25, 0.3) is 11.3 Å². The molecule has 174 valence electrons. The maximum absolute atomic E-state index is 13.3. The molecule has 3 fully saturated rings. The average Bonchev–Trinajstić information content (AvgIpc) is 3.07. The highest BCUT2D eigenvalue weighted by Gasteiger charge is 2.67. The molecule has 3 heterocycles. The number of anilines is 1.